The molecular formula is C17H18N2O. The average molecular weight is 266 g/mol. The minimum atomic E-state index is 0.550. The van der Waals surface area contributed by atoms with Crippen molar-refractivity contribution >= 4 is 0 Å². The van der Waals surface area contributed by atoms with Gasteiger partial charge < -0.3 is 4.42 Å². The van der Waals surface area contributed by atoms with E-state index in [0.717, 1.165) is 16.7 Å². The van der Waals surface area contributed by atoms with Crippen LogP contribution in [0.25, 0.3) is 22.9 Å². The molecule has 0 N–H and O–H groups in total. The van der Waals surface area contributed by atoms with Crippen molar-refractivity contribution in [1.29, 1.82) is 0 Å². The summed E-state index contributed by atoms with van der Waals surface area (Å²) in [6.45, 7) is 6.03. The van der Waals surface area contributed by atoms with E-state index in [9.17, 15) is 0 Å². The zero-order valence-electron chi connectivity index (χ0n) is 12.0. The zero-order valence-corrected chi connectivity index (χ0v) is 12.0. The van der Waals surface area contributed by atoms with Gasteiger partial charge in [0.15, 0.2) is 0 Å². The zero-order chi connectivity index (χ0) is 14.4. The van der Waals surface area contributed by atoms with Gasteiger partial charge in [-0.15, -0.1) is 10.2 Å². The summed E-state index contributed by atoms with van der Waals surface area (Å²) in [5.41, 5.74) is 3.04. The van der Waals surface area contributed by atoms with Crippen LogP contribution in [0.1, 0.15) is 19.4 Å². The van der Waals surface area contributed by atoms with Crippen LogP contribution in [0.15, 0.2) is 59.0 Å². The maximum Gasteiger partial charge on any atom is 0.248 e. The Kier molecular flexibility index (Phi) is 4.66. The summed E-state index contributed by atoms with van der Waals surface area (Å²) < 4.78 is 5.71. The van der Waals surface area contributed by atoms with Crippen LogP contribution in [0.3, 0.4) is 0 Å². The predicted octanol–water partition coefficient (Wildman–Crippen LogP) is 4.74. The predicted molar refractivity (Wildman–Crippen MR) is 81.3 cm³/mol. The molecule has 3 nitrogen and oxygen atoms in total. The highest BCUT2D eigenvalue weighted by Gasteiger charge is 2.11. The van der Waals surface area contributed by atoms with E-state index in [1.54, 1.807) is 0 Å². The summed E-state index contributed by atoms with van der Waals surface area (Å²) in [5.74, 6) is 1.11. The molecule has 0 amide bonds. The molecular weight excluding hydrogens is 248 g/mol. The summed E-state index contributed by atoms with van der Waals surface area (Å²) in [7, 11) is 0. The molecule has 0 aliphatic heterocycles. The molecule has 3 rings (SSSR count). The van der Waals surface area contributed by atoms with Crippen molar-refractivity contribution < 1.29 is 4.42 Å². The minimum Gasteiger partial charge on any atom is -0.416 e. The van der Waals surface area contributed by atoms with Gasteiger partial charge in [-0.05, 0) is 30.7 Å². The van der Waals surface area contributed by atoms with Gasteiger partial charge in [0, 0.05) is 11.1 Å². The Balaban J connectivity index is 0.000000704. The van der Waals surface area contributed by atoms with Crippen LogP contribution in [-0.2, 0) is 0 Å². The molecule has 102 valence electrons. The van der Waals surface area contributed by atoms with Crippen molar-refractivity contribution in [2.75, 3.05) is 0 Å². The van der Waals surface area contributed by atoms with Gasteiger partial charge in [0.05, 0.1) is 0 Å². The van der Waals surface area contributed by atoms with Crippen LogP contribution in [0, 0.1) is 6.92 Å². The lowest BCUT2D eigenvalue weighted by Gasteiger charge is -1.98. The van der Waals surface area contributed by atoms with Crippen molar-refractivity contribution in [1.82, 2.24) is 10.2 Å². The second kappa shape index (κ2) is 6.66. The molecule has 3 heteroatoms. The quantitative estimate of drug-likeness (QED) is 0.672. The van der Waals surface area contributed by atoms with E-state index in [1.807, 2.05) is 75.4 Å². The smallest absolute Gasteiger partial charge is 0.248 e. The molecule has 1 heterocycles. The van der Waals surface area contributed by atoms with Gasteiger partial charge in [0.25, 0.3) is 0 Å². The van der Waals surface area contributed by atoms with Crippen molar-refractivity contribution in [3.63, 3.8) is 0 Å². The highest BCUT2D eigenvalue weighted by atomic mass is 16.4. The number of benzene rings is 2. The van der Waals surface area contributed by atoms with Crippen molar-refractivity contribution in [2.45, 2.75) is 20.8 Å². The molecule has 0 unspecified atom stereocenters. The van der Waals surface area contributed by atoms with Crippen LogP contribution in [-0.4, -0.2) is 10.2 Å². The molecule has 0 radical (unpaired) electrons. The Morgan fingerprint density at radius 1 is 0.750 bits per heavy atom. The second-order valence-electron chi connectivity index (χ2n) is 4.09. The number of hydrogen-bond donors (Lipinski definition) is 0. The van der Waals surface area contributed by atoms with Crippen LogP contribution in [0.2, 0.25) is 0 Å². The average Bonchev–Trinajstić information content (AvgIpc) is 3.00. The normalized spacial score (nSPS) is 9.75. The maximum absolute atomic E-state index is 5.71. The van der Waals surface area contributed by atoms with Crippen molar-refractivity contribution in [3.05, 3.63) is 60.2 Å². The molecule has 0 atom stereocenters. The number of aromatic nitrogens is 2. The van der Waals surface area contributed by atoms with E-state index in [4.69, 9.17) is 4.42 Å². The summed E-state index contributed by atoms with van der Waals surface area (Å²) in [6, 6.07) is 17.7. The highest BCUT2D eigenvalue weighted by Crippen LogP contribution is 2.25. The number of nitrogens with zero attached hydrogens (tertiary/aromatic N) is 2. The molecule has 0 aliphatic rings. The molecule has 3 aromatic rings. The fourth-order valence-corrected chi connectivity index (χ4v) is 1.84. The Morgan fingerprint density at radius 2 is 1.35 bits per heavy atom. The Hall–Kier alpha value is -2.42. The van der Waals surface area contributed by atoms with Crippen LogP contribution in [0.5, 0.6) is 0 Å². The summed E-state index contributed by atoms with van der Waals surface area (Å²) in [5, 5.41) is 8.19. The highest BCUT2D eigenvalue weighted by molar-refractivity contribution is 5.60. The Morgan fingerprint density at radius 3 is 2.05 bits per heavy atom. The first-order valence-corrected chi connectivity index (χ1v) is 6.79. The van der Waals surface area contributed by atoms with Crippen LogP contribution < -0.4 is 0 Å². The maximum atomic E-state index is 5.71. The van der Waals surface area contributed by atoms with E-state index in [-0.39, 0.29) is 0 Å². The van der Waals surface area contributed by atoms with Gasteiger partial charge in [-0.25, -0.2) is 0 Å². The number of rotatable bonds is 2. The first-order valence-electron chi connectivity index (χ1n) is 6.79. The third-order valence-corrected chi connectivity index (χ3v) is 2.82. The van der Waals surface area contributed by atoms with Crippen LogP contribution in [0.4, 0.5) is 0 Å². The second-order valence-corrected chi connectivity index (χ2v) is 4.09. The van der Waals surface area contributed by atoms with Crippen LogP contribution >= 0.6 is 0 Å². The van der Waals surface area contributed by atoms with Gasteiger partial charge in [-0.2, -0.15) is 0 Å². The number of aryl methyl sites for hydroxylation is 1. The fourth-order valence-electron chi connectivity index (χ4n) is 1.84. The summed E-state index contributed by atoms with van der Waals surface area (Å²) in [4.78, 5) is 0. The minimum absolute atomic E-state index is 0.550. The first-order chi connectivity index (χ1) is 9.84. The fraction of sp³-hybridized carbons (Fsp3) is 0.176. The van der Waals surface area contributed by atoms with E-state index in [1.165, 1.54) is 0 Å². The van der Waals surface area contributed by atoms with Crippen molar-refractivity contribution in [2.24, 2.45) is 0 Å². The topological polar surface area (TPSA) is 38.9 Å². The van der Waals surface area contributed by atoms with E-state index in [0.29, 0.717) is 11.8 Å². The molecule has 2 aromatic carbocycles. The van der Waals surface area contributed by atoms with Crippen molar-refractivity contribution in [3.8, 4) is 22.9 Å². The monoisotopic (exact) mass is 266 g/mol. The van der Waals surface area contributed by atoms with E-state index >= 15 is 0 Å². The summed E-state index contributed by atoms with van der Waals surface area (Å²) in [6.07, 6.45) is 0. The van der Waals surface area contributed by atoms with E-state index < -0.39 is 0 Å². The largest absolute Gasteiger partial charge is 0.416 e. The molecule has 0 bridgehead atoms. The molecule has 0 spiro atoms. The van der Waals surface area contributed by atoms with Gasteiger partial charge in [-0.3, -0.25) is 0 Å². The Labute approximate surface area is 119 Å². The number of hydrogen-bond acceptors (Lipinski definition) is 3. The molecule has 0 saturated heterocycles. The first kappa shape index (κ1) is 14.0. The third kappa shape index (κ3) is 2.94. The van der Waals surface area contributed by atoms with Gasteiger partial charge in [-0.1, -0.05) is 50.2 Å². The lowest BCUT2D eigenvalue weighted by molar-refractivity contribution is 0.584. The van der Waals surface area contributed by atoms with Gasteiger partial charge >= 0.3 is 0 Å². The summed E-state index contributed by atoms with van der Waals surface area (Å²) >= 11 is 0. The van der Waals surface area contributed by atoms with Gasteiger partial charge in [0.2, 0.25) is 11.8 Å². The molecule has 1 aromatic heterocycles. The molecule has 0 saturated carbocycles. The van der Waals surface area contributed by atoms with E-state index in [2.05, 4.69) is 10.2 Å². The lowest BCUT2D eigenvalue weighted by atomic mass is 10.1. The molecule has 0 fully saturated rings. The SMILES string of the molecule is CC.Cc1ccccc1-c1nnc(-c2ccccc2)o1. The molecule has 20 heavy (non-hydrogen) atoms. The Bertz CT molecular complexity index is 660. The molecule has 0 aliphatic carbocycles. The third-order valence-electron chi connectivity index (χ3n) is 2.82. The van der Waals surface area contributed by atoms with Gasteiger partial charge in [0.1, 0.15) is 0 Å². The lowest BCUT2D eigenvalue weighted by Crippen LogP contribution is -1.81. The standard InChI is InChI=1S/C15H12N2O.C2H6/c1-11-7-5-6-10-13(11)15-17-16-14(18-15)12-8-3-2-4-9-12;1-2/h2-10H,1H3;1-2H3.